The number of rotatable bonds is 10. The molecule has 3 N–H and O–H groups in total. The van der Waals surface area contributed by atoms with E-state index in [2.05, 4.69) is 10.2 Å². The van der Waals surface area contributed by atoms with Gasteiger partial charge in [-0.3, -0.25) is 4.90 Å². The molecular weight excluding hydrogens is 539 g/mol. The van der Waals surface area contributed by atoms with Gasteiger partial charge in [0.05, 0.1) is 23.3 Å². The number of primary sulfonamides is 1. The normalized spacial score (nSPS) is 21.6. The zero-order valence-electron chi connectivity index (χ0n) is 19.0. The van der Waals surface area contributed by atoms with Gasteiger partial charge in [-0.2, -0.15) is 13.2 Å². The highest BCUT2D eigenvalue weighted by molar-refractivity contribution is 7.99. The van der Waals surface area contributed by atoms with Gasteiger partial charge in [0, 0.05) is 35.8 Å². The molecule has 2 bridgehead atoms. The smallest absolute Gasteiger partial charge is 0.380 e. The minimum atomic E-state index is -5.86. The second-order valence-electron chi connectivity index (χ2n) is 8.75. The Morgan fingerprint density at radius 3 is 2.44 bits per heavy atom. The zero-order chi connectivity index (χ0) is 26.1. The summed E-state index contributed by atoms with van der Waals surface area (Å²) in [5.74, 6) is 0.435. The molecule has 2 aromatic rings. The molecule has 2 aliphatic rings. The number of alkyl halides is 3. The van der Waals surface area contributed by atoms with Crippen molar-refractivity contribution < 1.29 is 34.7 Å². The van der Waals surface area contributed by atoms with Gasteiger partial charge >= 0.3 is 5.51 Å². The number of likely N-dealkylation sites (tertiary alicyclic amines) is 1. The number of hydrogen-bond acceptors (Lipinski definition) is 8. The molecule has 0 aromatic heterocycles. The Morgan fingerprint density at radius 2 is 1.86 bits per heavy atom. The van der Waals surface area contributed by atoms with Gasteiger partial charge in [-0.25, -0.2) is 22.0 Å². The van der Waals surface area contributed by atoms with E-state index in [1.54, 1.807) is 0 Å². The quantitative estimate of drug-likeness (QED) is 0.422. The van der Waals surface area contributed by atoms with Crippen LogP contribution in [0.4, 0.5) is 18.9 Å². The molecule has 0 radical (unpaired) electrons. The van der Waals surface area contributed by atoms with Crippen molar-refractivity contribution in [3.05, 3.63) is 48.5 Å². The van der Waals surface area contributed by atoms with Crippen LogP contribution in [0.3, 0.4) is 0 Å². The highest BCUT2D eigenvalue weighted by atomic mass is 32.2. The summed E-state index contributed by atoms with van der Waals surface area (Å²) in [6.45, 7) is 2.07. The van der Waals surface area contributed by atoms with Crippen molar-refractivity contribution in [2.75, 3.05) is 30.8 Å². The molecule has 2 aliphatic heterocycles. The molecule has 0 unspecified atom stereocenters. The lowest BCUT2D eigenvalue weighted by atomic mass is 10.2. The fourth-order valence-corrected chi connectivity index (χ4v) is 6.91. The Morgan fingerprint density at radius 1 is 1.14 bits per heavy atom. The van der Waals surface area contributed by atoms with Crippen LogP contribution in [0.1, 0.15) is 12.8 Å². The van der Waals surface area contributed by atoms with Crippen LogP contribution in [0, 0.1) is 0 Å². The van der Waals surface area contributed by atoms with Crippen molar-refractivity contribution in [1.82, 2.24) is 4.90 Å². The fraction of sp³-hybridized carbons (Fsp3) is 0.455. The third-order valence-electron chi connectivity index (χ3n) is 6.21. The van der Waals surface area contributed by atoms with E-state index >= 15 is 0 Å². The number of thioether (sulfide) groups is 1. The van der Waals surface area contributed by atoms with Crippen LogP contribution in [0.2, 0.25) is 0 Å². The summed E-state index contributed by atoms with van der Waals surface area (Å²) < 4.78 is 94.1. The van der Waals surface area contributed by atoms with Crippen LogP contribution in [-0.4, -0.2) is 70.9 Å². The van der Waals surface area contributed by atoms with Crippen molar-refractivity contribution >= 4 is 37.3 Å². The monoisotopic (exact) mass is 565 g/mol. The van der Waals surface area contributed by atoms with Gasteiger partial charge in [-0.05, 0) is 43.2 Å². The molecule has 2 aromatic carbocycles. The van der Waals surface area contributed by atoms with Crippen molar-refractivity contribution in [2.24, 2.45) is 5.14 Å². The molecule has 0 spiro atoms. The van der Waals surface area contributed by atoms with Gasteiger partial charge in [-0.15, -0.1) is 11.8 Å². The summed E-state index contributed by atoms with van der Waals surface area (Å²) in [5.41, 5.74) is -5.95. The Bertz CT molecular complexity index is 1290. The van der Waals surface area contributed by atoms with Gasteiger partial charge in [0.1, 0.15) is 4.90 Å². The molecule has 0 saturated carbocycles. The van der Waals surface area contributed by atoms with Gasteiger partial charge in [0.2, 0.25) is 10.0 Å². The van der Waals surface area contributed by atoms with Crippen molar-refractivity contribution in [3.63, 3.8) is 0 Å². The lowest BCUT2D eigenvalue weighted by Crippen LogP contribution is -2.39. The van der Waals surface area contributed by atoms with Crippen molar-refractivity contribution in [3.8, 4) is 0 Å². The number of sulfonamides is 1. The Kier molecular flexibility index (Phi) is 7.93. The lowest BCUT2D eigenvalue weighted by Gasteiger charge is -2.29. The standard InChI is InChI=1S/C22H26F3N3O5S3/c23-22(24,25)35(29,30)21-11-19(36(26,31)32)6-7-20(21)27-15(14-34-18-4-2-1-3-5-18)8-9-28-12-17-10-16(28)13-33-17/h1-7,11,15-17,27H,8-10,12-14H2,(H2,26,31,32)/t15-,16+,17+/m1/s1. The number of morpholine rings is 1. The third-order valence-corrected chi connectivity index (χ3v) is 9.82. The Balaban J connectivity index is 1.61. The van der Waals surface area contributed by atoms with Crippen molar-refractivity contribution in [2.45, 2.75) is 51.2 Å². The molecule has 0 aliphatic carbocycles. The average molecular weight is 566 g/mol. The maximum atomic E-state index is 13.5. The molecule has 14 heteroatoms. The molecule has 36 heavy (non-hydrogen) atoms. The SMILES string of the molecule is NS(=O)(=O)c1ccc(N[C@H](CCN2C[C@@H]3C[C@H]2CO3)CSc2ccccc2)c(S(=O)(=O)C(F)(F)F)c1. The number of hydrogen-bond donors (Lipinski definition) is 2. The molecule has 198 valence electrons. The maximum absolute atomic E-state index is 13.5. The number of benzene rings is 2. The summed E-state index contributed by atoms with van der Waals surface area (Å²) >= 11 is 1.48. The van der Waals surface area contributed by atoms with E-state index < -0.39 is 41.2 Å². The molecule has 2 fully saturated rings. The van der Waals surface area contributed by atoms with E-state index in [0.717, 1.165) is 30.0 Å². The van der Waals surface area contributed by atoms with Gasteiger partial charge in [-0.1, -0.05) is 18.2 Å². The molecule has 2 heterocycles. The number of ether oxygens (including phenoxy) is 1. The molecule has 2 saturated heterocycles. The van der Waals surface area contributed by atoms with Gasteiger partial charge in [0.15, 0.2) is 0 Å². The summed E-state index contributed by atoms with van der Waals surface area (Å²) in [6, 6.07) is 11.8. The topological polar surface area (TPSA) is 119 Å². The lowest BCUT2D eigenvalue weighted by molar-refractivity contribution is -0.0435. The van der Waals surface area contributed by atoms with Crippen LogP contribution in [0.5, 0.6) is 0 Å². The molecular formula is C22H26F3N3O5S3. The minimum Gasteiger partial charge on any atom is -0.380 e. The highest BCUT2D eigenvalue weighted by Gasteiger charge is 2.48. The number of halogens is 3. The summed E-state index contributed by atoms with van der Waals surface area (Å²) in [7, 11) is -10.3. The first-order valence-electron chi connectivity index (χ1n) is 11.1. The van der Waals surface area contributed by atoms with E-state index in [4.69, 9.17) is 9.88 Å². The number of nitrogens with two attached hydrogens (primary N) is 1. The van der Waals surface area contributed by atoms with Crippen LogP contribution in [0.25, 0.3) is 0 Å². The molecule has 4 rings (SSSR count). The van der Waals surface area contributed by atoms with E-state index in [1.165, 1.54) is 11.8 Å². The first kappa shape index (κ1) is 27.2. The Hall–Kier alpha value is -1.84. The van der Waals surface area contributed by atoms with Gasteiger partial charge in [0.25, 0.3) is 9.84 Å². The van der Waals surface area contributed by atoms with Crippen molar-refractivity contribution in [1.29, 1.82) is 0 Å². The maximum Gasteiger partial charge on any atom is 0.501 e. The zero-order valence-corrected chi connectivity index (χ0v) is 21.5. The predicted octanol–water partition coefficient (Wildman–Crippen LogP) is 3.06. The van der Waals surface area contributed by atoms with Gasteiger partial charge < -0.3 is 10.1 Å². The second kappa shape index (κ2) is 10.5. The first-order chi connectivity index (χ1) is 16.8. The number of fused-ring (bicyclic) bond motifs is 2. The van der Waals surface area contributed by atoms with Crippen LogP contribution < -0.4 is 10.5 Å². The average Bonchev–Trinajstić information content (AvgIpc) is 3.43. The number of sulfone groups is 1. The second-order valence-corrected chi connectivity index (χ2v) is 13.3. The third kappa shape index (κ3) is 6.17. The minimum absolute atomic E-state index is 0.189. The molecule has 0 amide bonds. The van der Waals surface area contributed by atoms with E-state index in [0.29, 0.717) is 37.4 Å². The number of nitrogens with one attached hydrogen (secondary N) is 1. The largest absolute Gasteiger partial charge is 0.501 e. The molecule has 3 atom stereocenters. The summed E-state index contributed by atoms with van der Waals surface area (Å²) in [6.07, 6.45) is 1.65. The predicted molar refractivity (Wildman–Crippen MR) is 130 cm³/mol. The molecule has 8 nitrogen and oxygen atoms in total. The van der Waals surface area contributed by atoms with E-state index in [-0.39, 0.29) is 11.8 Å². The number of anilines is 1. The first-order valence-corrected chi connectivity index (χ1v) is 15.1. The van der Waals surface area contributed by atoms with Crippen LogP contribution in [0.15, 0.2) is 63.2 Å². The van der Waals surface area contributed by atoms with E-state index in [9.17, 15) is 30.0 Å². The highest BCUT2D eigenvalue weighted by Crippen LogP contribution is 2.36. The summed E-state index contributed by atoms with van der Waals surface area (Å²) in [4.78, 5) is 1.32. The van der Waals surface area contributed by atoms with Crippen LogP contribution in [-0.2, 0) is 24.6 Å². The summed E-state index contributed by atoms with van der Waals surface area (Å²) in [5, 5.41) is 7.99. The van der Waals surface area contributed by atoms with Crippen LogP contribution >= 0.6 is 11.8 Å². The fourth-order valence-electron chi connectivity index (χ4n) is 4.35. The van der Waals surface area contributed by atoms with E-state index in [1.807, 2.05) is 30.3 Å². The number of nitrogens with zero attached hydrogens (tertiary/aromatic N) is 1. The Labute approximate surface area is 212 Å².